The standard InChI is InChI=1S/C30H36N2O2S/c1-24-19-20-35-28(24)22-31(21-26-13-7-3-8-14-26)30(34)23-32(27-15-9-4-10-16-27)29(33)18-17-25-11-5-2-6-12-25/h2-3,5-8,11-14,19-20,27H,4,9-10,15-18,21-23H2,1H3. The van der Waals surface area contributed by atoms with Crippen LogP contribution < -0.4 is 0 Å². The van der Waals surface area contributed by atoms with Crippen molar-refractivity contribution in [2.45, 2.75) is 71.0 Å². The van der Waals surface area contributed by atoms with E-state index < -0.39 is 0 Å². The van der Waals surface area contributed by atoms with Crippen LogP contribution in [0.15, 0.2) is 72.1 Å². The molecule has 1 saturated carbocycles. The lowest BCUT2D eigenvalue weighted by molar-refractivity contribution is -0.143. The monoisotopic (exact) mass is 488 g/mol. The van der Waals surface area contributed by atoms with Gasteiger partial charge in [0.05, 0.1) is 6.54 Å². The molecular weight excluding hydrogens is 452 g/mol. The van der Waals surface area contributed by atoms with Gasteiger partial charge in [-0.25, -0.2) is 0 Å². The first-order valence-corrected chi connectivity index (χ1v) is 13.7. The van der Waals surface area contributed by atoms with Gasteiger partial charge in [-0.1, -0.05) is 79.9 Å². The second-order valence-electron chi connectivity index (χ2n) is 9.56. The quantitative estimate of drug-likeness (QED) is 0.332. The number of hydrogen-bond acceptors (Lipinski definition) is 3. The molecule has 1 aliphatic rings. The molecular formula is C30H36N2O2S. The van der Waals surface area contributed by atoms with Crippen molar-refractivity contribution in [1.29, 1.82) is 0 Å². The third-order valence-electron chi connectivity index (χ3n) is 6.98. The van der Waals surface area contributed by atoms with Gasteiger partial charge in [-0.3, -0.25) is 9.59 Å². The molecule has 0 unspecified atom stereocenters. The predicted molar refractivity (Wildman–Crippen MR) is 143 cm³/mol. The largest absolute Gasteiger partial charge is 0.332 e. The van der Waals surface area contributed by atoms with Gasteiger partial charge in [0.25, 0.3) is 0 Å². The van der Waals surface area contributed by atoms with Crippen LogP contribution in [0.4, 0.5) is 0 Å². The lowest BCUT2D eigenvalue weighted by atomic mass is 9.93. The zero-order valence-electron chi connectivity index (χ0n) is 20.7. The summed E-state index contributed by atoms with van der Waals surface area (Å²) in [6.07, 6.45) is 6.61. The van der Waals surface area contributed by atoms with E-state index in [4.69, 9.17) is 0 Å². The molecule has 0 radical (unpaired) electrons. The molecule has 35 heavy (non-hydrogen) atoms. The van der Waals surface area contributed by atoms with E-state index in [1.54, 1.807) is 11.3 Å². The molecule has 184 valence electrons. The van der Waals surface area contributed by atoms with E-state index in [9.17, 15) is 9.59 Å². The zero-order valence-corrected chi connectivity index (χ0v) is 21.5. The van der Waals surface area contributed by atoms with Crippen molar-refractivity contribution in [2.24, 2.45) is 0 Å². The fourth-order valence-corrected chi connectivity index (χ4v) is 5.80. The Balaban J connectivity index is 1.50. The number of aryl methyl sites for hydroxylation is 2. The highest BCUT2D eigenvalue weighted by atomic mass is 32.1. The Morgan fingerprint density at radius 3 is 2.11 bits per heavy atom. The van der Waals surface area contributed by atoms with E-state index in [1.165, 1.54) is 16.9 Å². The maximum atomic E-state index is 13.8. The van der Waals surface area contributed by atoms with Gasteiger partial charge in [-0.2, -0.15) is 0 Å². The number of thiophene rings is 1. The van der Waals surface area contributed by atoms with Crippen molar-refractivity contribution < 1.29 is 9.59 Å². The second kappa shape index (κ2) is 12.7. The van der Waals surface area contributed by atoms with Crippen molar-refractivity contribution in [1.82, 2.24) is 9.80 Å². The molecule has 1 fully saturated rings. The van der Waals surface area contributed by atoms with Crippen LogP contribution in [-0.4, -0.2) is 34.2 Å². The SMILES string of the molecule is Cc1ccsc1CN(Cc1ccccc1)C(=O)CN(C(=O)CCc1ccccc1)C1CCCCC1. The fourth-order valence-electron chi connectivity index (χ4n) is 4.87. The Morgan fingerprint density at radius 1 is 0.829 bits per heavy atom. The van der Waals surface area contributed by atoms with Crippen molar-refractivity contribution in [3.63, 3.8) is 0 Å². The number of rotatable bonds is 10. The molecule has 0 saturated heterocycles. The Hall–Kier alpha value is -2.92. The van der Waals surface area contributed by atoms with Gasteiger partial charge < -0.3 is 9.80 Å². The average molecular weight is 489 g/mol. The number of benzene rings is 2. The average Bonchev–Trinajstić information content (AvgIpc) is 3.31. The molecule has 1 heterocycles. The van der Waals surface area contributed by atoms with Crippen molar-refractivity contribution >= 4 is 23.2 Å². The highest BCUT2D eigenvalue weighted by Gasteiger charge is 2.29. The molecule has 0 bridgehead atoms. The van der Waals surface area contributed by atoms with Crippen LogP contribution in [0.3, 0.4) is 0 Å². The van der Waals surface area contributed by atoms with Crippen LogP contribution in [0.25, 0.3) is 0 Å². The summed E-state index contributed by atoms with van der Waals surface area (Å²) in [5.74, 6) is 0.126. The zero-order chi connectivity index (χ0) is 24.5. The summed E-state index contributed by atoms with van der Waals surface area (Å²) < 4.78 is 0. The number of carbonyl (C=O) groups excluding carboxylic acids is 2. The van der Waals surface area contributed by atoms with E-state index in [0.717, 1.165) is 36.8 Å². The molecule has 1 aliphatic carbocycles. The van der Waals surface area contributed by atoms with Crippen LogP contribution in [0.2, 0.25) is 0 Å². The summed E-state index contributed by atoms with van der Waals surface area (Å²) >= 11 is 1.69. The van der Waals surface area contributed by atoms with E-state index in [1.807, 2.05) is 46.2 Å². The summed E-state index contributed by atoms with van der Waals surface area (Å²) in [7, 11) is 0. The minimum atomic E-state index is 0.0280. The molecule has 4 nitrogen and oxygen atoms in total. The molecule has 1 aromatic heterocycles. The smallest absolute Gasteiger partial charge is 0.242 e. The van der Waals surface area contributed by atoms with Crippen LogP contribution in [0.1, 0.15) is 60.1 Å². The number of amides is 2. The van der Waals surface area contributed by atoms with Crippen molar-refractivity contribution in [2.75, 3.05) is 6.54 Å². The van der Waals surface area contributed by atoms with Gasteiger partial charge in [0, 0.05) is 23.9 Å². The second-order valence-corrected chi connectivity index (χ2v) is 10.6. The maximum absolute atomic E-state index is 13.8. The Morgan fingerprint density at radius 2 is 1.49 bits per heavy atom. The van der Waals surface area contributed by atoms with Crippen molar-refractivity contribution in [3.05, 3.63) is 93.7 Å². The molecule has 4 rings (SSSR count). The van der Waals surface area contributed by atoms with Crippen LogP contribution >= 0.6 is 11.3 Å². The Kier molecular flexibility index (Phi) is 9.13. The molecule has 2 amide bonds. The normalized spacial score (nSPS) is 14.0. The number of carbonyl (C=O) groups is 2. The topological polar surface area (TPSA) is 40.6 Å². The highest BCUT2D eigenvalue weighted by molar-refractivity contribution is 7.10. The van der Waals surface area contributed by atoms with Gasteiger partial charge in [-0.05, 0) is 54.3 Å². The van der Waals surface area contributed by atoms with Crippen molar-refractivity contribution in [3.8, 4) is 0 Å². The molecule has 2 aromatic carbocycles. The minimum absolute atomic E-state index is 0.0280. The predicted octanol–water partition coefficient (Wildman–Crippen LogP) is 6.38. The van der Waals surface area contributed by atoms with E-state index in [2.05, 4.69) is 42.6 Å². The van der Waals surface area contributed by atoms with Gasteiger partial charge in [0.1, 0.15) is 6.54 Å². The molecule has 0 N–H and O–H groups in total. The minimum Gasteiger partial charge on any atom is -0.332 e. The molecule has 0 atom stereocenters. The highest BCUT2D eigenvalue weighted by Crippen LogP contribution is 2.25. The number of hydrogen-bond donors (Lipinski definition) is 0. The first-order valence-electron chi connectivity index (χ1n) is 12.8. The molecule has 0 aliphatic heterocycles. The Bertz CT molecular complexity index is 1070. The van der Waals surface area contributed by atoms with Gasteiger partial charge in [0.15, 0.2) is 0 Å². The maximum Gasteiger partial charge on any atom is 0.242 e. The summed E-state index contributed by atoms with van der Waals surface area (Å²) in [5, 5.41) is 2.08. The molecule has 3 aromatic rings. The lowest BCUT2D eigenvalue weighted by Crippen LogP contribution is -2.48. The van der Waals surface area contributed by atoms with Gasteiger partial charge in [0.2, 0.25) is 11.8 Å². The molecule has 5 heteroatoms. The van der Waals surface area contributed by atoms with E-state index in [0.29, 0.717) is 25.9 Å². The van der Waals surface area contributed by atoms with Crippen LogP contribution in [-0.2, 0) is 29.1 Å². The van der Waals surface area contributed by atoms with E-state index >= 15 is 0 Å². The van der Waals surface area contributed by atoms with Crippen LogP contribution in [0, 0.1) is 6.92 Å². The summed E-state index contributed by atoms with van der Waals surface area (Å²) in [4.78, 5) is 32.2. The number of nitrogens with zero attached hydrogens (tertiary/aromatic N) is 2. The third kappa shape index (κ3) is 7.28. The fraction of sp³-hybridized carbons (Fsp3) is 0.400. The third-order valence-corrected chi connectivity index (χ3v) is 7.99. The summed E-state index contributed by atoms with van der Waals surface area (Å²) in [6.45, 7) is 3.38. The lowest BCUT2D eigenvalue weighted by Gasteiger charge is -2.35. The summed E-state index contributed by atoms with van der Waals surface area (Å²) in [6, 6.07) is 22.5. The van der Waals surface area contributed by atoms with E-state index in [-0.39, 0.29) is 24.4 Å². The molecule has 0 spiro atoms. The first kappa shape index (κ1) is 25.2. The Labute approximate surface area is 213 Å². The first-order chi connectivity index (χ1) is 17.1. The van der Waals surface area contributed by atoms with Gasteiger partial charge >= 0.3 is 0 Å². The van der Waals surface area contributed by atoms with Crippen LogP contribution in [0.5, 0.6) is 0 Å². The van der Waals surface area contributed by atoms with Gasteiger partial charge in [-0.15, -0.1) is 11.3 Å². The summed E-state index contributed by atoms with van der Waals surface area (Å²) in [5.41, 5.74) is 3.48.